The highest BCUT2D eigenvalue weighted by atomic mass is 32.2. The van der Waals surface area contributed by atoms with Crippen molar-refractivity contribution in [3.8, 4) is 0 Å². The molecule has 1 N–H and O–H groups in total. The number of aromatic nitrogens is 1. The Labute approximate surface area is 142 Å². The summed E-state index contributed by atoms with van der Waals surface area (Å²) in [6, 6.07) is 7.51. The van der Waals surface area contributed by atoms with Gasteiger partial charge in [-0.05, 0) is 36.2 Å². The Bertz CT molecular complexity index is 932. The number of nitrogens with one attached hydrogen (secondary N) is 1. The molecule has 0 saturated carbocycles. The summed E-state index contributed by atoms with van der Waals surface area (Å²) in [5.74, 6) is 0. The average molecular weight is 366 g/mol. The Morgan fingerprint density at radius 1 is 1.04 bits per heavy atom. The summed E-state index contributed by atoms with van der Waals surface area (Å²) in [5.41, 5.74) is 0.631. The van der Waals surface area contributed by atoms with Gasteiger partial charge in [-0.1, -0.05) is 24.3 Å². The molecule has 130 valence electrons. The van der Waals surface area contributed by atoms with Crippen LogP contribution in [0.2, 0.25) is 0 Å². The highest BCUT2D eigenvalue weighted by molar-refractivity contribution is 7.89. The molecule has 1 aliphatic carbocycles. The predicted octanol–water partition coefficient (Wildman–Crippen LogP) is 3.75. The molecule has 1 aromatic heterocycles. The Kier molecular flexibility index (Phi) is 4.38. The largest absolute Gasteiger partial charge is 0.416 e. The van der Waals surface area contributed by atoms with Gasteiger partial charge < -0.3 is 0 Å². The molecule has 0 amide bonds. The normalized spacial score (nSPS) is 14.8. The maximum absolute atomic E-state index is 12.7. The highest BCUT2D eigenvalue weighted by Crippen LogP contribution is 2.33. The zero-order valence-electron chi connectivity index (χ0n) is 12.8. The molecular formula is C17H13F3N2O2S. The van der Waals surface area contributed by atoms with E-state index >= 15 is 0 Å². The fraction of sp³-hybridized carbons (Fsp3) is 0.118. The van der Waals surface area contributed by atoms with Gasteiger partial charge in [0, 0.05) is 18.0 Å². The molecule has 0 spiro atoms. The molecule has 0 saturated heterocycles. The van der Waals surface area contributed by atoms with Gasteiger partial charge in [-0.25, -0.2) is 8.42 Å². The van der Waals surface area contributed by atoms with E-state index in [1.165, 1.54) is 36.7 Å². The maximum atomic E-state index is 12.7. The van der Waals surface area contributed by atoms with E-state index in [4.69, 9.17) is 0 Å². The van der Waals surface area contributed by atoms with Crippen LogP contribution in [0.5, 0.6) is 0 Å². The van der Waals surface area contributed by atoms with Crippen LogP contribution in [0, 0.1) is 0 Å². The lowest BCUT2D eigenvalue weighted by Crippen LogP contribution is -2.23. The molecule has 4 nitrogen and oxygen atoms in total. The number of hydrogen-bond donors (Lipinski definition) is 1. The third-order valence-electron chi connectivity index (χ3n) is 3.65. The second kappa shape index (κ2) is 6.36. The van der Waals surface area contributed by atoms with Crippen molar-refractivity contribution >= 4 is 15.6 Å². The minimum atomic E-state index is -4.41. The number of rotatable bonds is 4. The Balaban J connectivity index is 1.84. The van der Waals surface area contributed by atoms with Crippen molar-refractivity contribution < 1.29 is 21.6 Å². The van der Waals surface area contributed by atoms with Gasteiger partial charge in [0.15, 0.2) is 0 Å². The minimum Gasteiger partial charge on any atom is -0.279 e. The summed E-state index contributed by atoms with van der Waals surface area (Å²) in [7, 11) is -3.82. The molecule has 1 aromatic carbocycles. The zero-order chi connectivity index (χ0) is 18.1. The summed E-state index contributed by atoms with van der Waals surface area (Å²) in [6.07, 6.45) is 2.18. The predicted molar refractivity (Wildman–Crippen MR) is 86.7 cm³/mol. The van der Waals surface area contributed by atoms with E-state index in [1.807, 2.05) is 0 Å². The number of benzene rings is 1. The molecule has 0 bridgehead atoms. The van der Waals surface area contributed by atoms with E-state index < -0.39 is 21.8 Å². The molecule has 0 radical (unpaired) electrons. The summed E-state index contributed by atoms with van der Waals surface area (Å²) in [6.45, 7) is 0. The van der Waals surface area contributed by atoms with Crippen LogP contribution < -0.4 is 4.72 Å². The molecule has 3 rings (SSSR count). The topological polar surface area (TPSA) is 59.1 Å². The number of alkyl halides is 3. The molecule has 8 heteroatoms. The third kappa shape index (κ3) is 3.74. The van der Waals surface area contributed by atoms with E-state index in [1.54, 1.807) is 12.2 Å². The van der Waals surface area contributed by atoms with Gasteiger partial charge in [-0.3, -0.25) is 9.71 Å². The fourth-order valence-corrected chi connectivity index (χ4v) is 3.49. The number of nitrogens with zero attached hydrogens (tertiary/aromatic N) is 1. The van der Waals surface area contributed by atoms with Crippen molar-refractivity contribution in [1.29, 1.82) is 0 Å². The summed E-state index contributed by atoms with van der Waals surface area (Å²) < 4.78 is 65.2. The third-order valence-corrected chi connectivity index (χ3v) is 5.00. The number of allylic oxidation sites excluding steroid dienone is 3. The number of sulfonamides is 1. The minimum absolute atomic E-state index is 0.00886. The van der Waals surface area contributed by atoms with Crippen molar-refractivity contribution in [3.05, 3.63) is 77.8 Å². The van der Waals surface area contributed by atoms with Crippen molar-refractivity contribution in [3.63, 3.8) is 0 Å². The fourth-order valence-electron chi connectivity index (χ4n) is 2.43. The molecule has 1 heterocycles. The van der Waals surface area contributed by atoms with Crippen LogP contribution in [0.4, 0.5) is 13.2 Å². The Morgan fingerprint density at radius 2 is 1.76 bits per heavy atom. The Hall–Kier alpha value is -2.61. The maximum Gasteiger partial charge on any atom is 0.416 e. The van der Waals surface area contributed by atoms with Crippen LogP contribution >= 0.6 is 0 Å². The van der Waals surface area contributed by atoms with Crippen LogP contribution in [-0.2, 0) is 16.2 Å². The highest BCUT2D eigenvalue weighted by Gasteiger charge is 2.30. The summed E-state index contributed by atoms with van der Waals surface area (Å²) in [4.78, 5) is 3.78. The first-order chi connectivity index (χ1) is 11.8. The lowest BCUT2D eigenvalue weighted by Gasteiger charge is -2.13. The van der Waals surface area contributed by atoms with Gasteiger partial charge in [0.2, 0.25) is 0 Å². The quantitative estimate of drug-likeness (QED) is 0.897. The molecule has 25 heavy (non-hydrogen) atoms. The van der Waals surface area contributed by atoms with Gasteiger partial charge in [0.25, 0.3) is 10.0 Å². The molecular weight excluding hydrogens is 353 g/mol. The lowest BCUT2D eigenvalue weighted by atomic mass is 10.0. The molecule has 1 aliphatic rings. The van der Waals surface area contributed by atoms with Gasteiger partial charge in [0.1, 0.15) is 4.90 Å². The first-order valence-electron chi connectivity index (χ1n) is 7.28. The van der Waals surface area contributed by atoms with Crippen LogP contribution in [0.1, 0.15) is 17.5 Å². The van der Waals surface area contributed by atoms with Gasteiger partial charge in [0.05, 0.1) is 11.3 Å². The number of hydrogen-bond acceptors (Lipinski definition) is 3. The first kappa shape index (κ1) is 17.2. The zero-order valence-corrected chi connectivity index (χ0v) is 13.6. The number of halogens is 3. The second-order valence-electron chi connectivity index (χ2n) is 5.34. The molecule has 0 fully saturated rings. The summed E-state index contributed by atoms with van der Waals surface area (Å²) in [5, 5.41) is 0. The van der Waals surface area contributed by atoms with Gasteiger partial charge >= 0.3 is 6.18 Å². The van der Waals surface area contributed by atoms with E-state index in [9.17, 15) is 21.6 Å². The van der Waals surface area contributed by atoms with E-state index in [0.717, 1.165) is 12.1 Å². The van der Waals surface area contributed by atoms with Gasteiger partial charge in [-0.15, -0.1) is 0 Å². The van der Waals surface area contributed by atoms with Gasteiger partial charge in [-0.2, -0.15) is 13.2 Å². The standard InChI is InChI=1S/C17H13F3N2O2S/c18-17(19,20)13-8-6-12(7-9-13)15-4-1-5-16(15)22-25(23,24)14-3-2-10-21-11-14/h2-11,22H,1H2. The van der Waals surface area contributed by atoms with Crippen LogP contribution in [-0.4, -0.2) is 13.4 Å². The van der Waals surface area contributed by atoms with Crippen molar-refractivity contribution in [2.24, 2.45) is 0 Å². The lowest BCUT2D eigenvalue weighted by molar-refractivity contribution is -0.137. The second-order valence-corrected chi connectivity index (χ2v) is 7.02. The average Bonchev–Trinajstić information content (AvgIpc) is 3.02. The molecule has 0 aliphatic heterocycles. The van der Waals surface area contributed by atoms with E-state index in [0.29, 0.717) is 23.3 Å². The van der Waals surface area contributed by atoms with Crippen LogP contribution in [0.15, 0.2) is 71.5 Å². The smallest absolute Gasteiger partial charge is 0.279 e. The number of pyridine rings is 1. The SMILES string of the molecule is O=S(=O)(NC1=CCC=C1c1ccc(C(F)(F)F)cc1)c1cccnc1. The monoisotopic (exact) mass is 366 g/mol. The Morgan fingerprint density at radius 3 is 2.36 bits per heavy atom. The molecule has 0 unspecified atom stereocenters. The van der Waals surface area contributed by atoms with Crippen molar-refractivity contribution in [2.45, 2.75) is 17.5 Å². The van der Waals surface area contributed by atoms with E-state index in [-0.39, 0.29) is 4.90 Å². The van der Waals surface area contributed by atoms with Crippen molar-refractivity contribution in [1.82, 2.24) is 9.71 Å². The molecule has 2 aromatic rings. The van der Waals surface area contributed by atoms with Crippen LogP contribution in [0.25, 0.3) is 5.57 Å². The van der Waals surface area contributed by atoms with E-state index in [2.05, 4.69) is 9.71 Å². The van der Waals surface area contributed by atoms with Crippen LogP contribution in [0.3, 0.4) is 0 Å². The van der Waals surface area contributed by atoms with Crippen molar-refractivity contribution in [2.75, 3.05) is 0 Å². The molecule has 0 atom stereocenters. The summed E-state index contributed by atoms with van der Waals surface area (Å²) >= 11 is 0. The first-order valence-corrected chi connectivity index (χ1v) is 8.77.